The van der Waals surface area contributed by atoms with Crippen molar-refractivity contribution in [2.45, 2.75) is 39.3 Å². The zero-order chi connectivity index (χ0) is 8.27. The predicted molar refractivity (Wildman–Crippen MR) is 48.8 cm³/mol. The Balaban J connectivity index is 2.34. The van der Waals surface area contributed by atoms with E-state index in [0.29, 0.717) is 6.04 Å². The molecule has 0 amide bonds. The van der Waals surface area contributed by atoms with Crippen molar-refractivity contribution < 1.29 is 0 Å². The molecule has 0 spiro atoms. The molecule has 11 heavy (non-hydrogen) atoms. The molecule has 1 fully saturated rings. The normalized spacial score (nSPS) is 34.1. The fourth-order valence-electron chi connectivity index (χ4n) is 1.70. The molecule has 2 unspecified atom stereocenters. The Bertz CT molecular complexity index is 114. The van der Waals surface area contributed by atoms with E-state index < -0.39 is 0 Å². The molecule has 66 valence electrons. The van der Waals surface area contributed by atoms with Crippen LogP contribution in [0.5, 0.6) is 0 Å². The first kappa shape index (κ1) is 9.01. The lowest BCUT2D eigenvalue weighted by atomic mass is 10.1. The third kappa shape index (κ3) is 2.46. The van der Waals surface area contributed by atoms with E-state index in [1.54, 1.807) is 0 Å². The minimum Gasteiger partial charge on any atom is -0.311 e. The third-order valence-corrected chi connectivity index (χ3v) is 2.40. The van der Waals surface area contributed by atoms with Gasteiger partial charge in [-0.15, -0.1) is 0 Å². The Hall–Kier alpha value is -0.0800. The topological polar surface area (TPSA) is 15.3 Å². The number of nitrogens with one attached hydrogen (secondary N) is 1. The van der Waals surface area contributed by atoms with Crippen LogP contribution in [-0.2, 0) is 0 Å². The van der Waals surface area contributed by atoms with Crippen molar-refractivity contribution >= 4 is 0 Å². The summed E-state index contributed by atoms with van der Waals surface area (Å²) < 4.78 is 0. The molecule has 1 saturated heterocycles. The van der Waals surface area contributed by atoms with Gasteiger partial charge in [-0.3, -0.25) is 4.90 Å². The lowest BCUT2D eigenvalue weighted by Gasteiger charge is -2.37. The lowest BCUT2D eigenvalue weighted by Crippen LogP contribution is -2.54. The standard InChI is InChI=1S/C9H20N2/c1-4-5-11-7-8(2)10-6-9(11)3/h8-10H,4-7H2,1-3H3. The molecule has 0 aromatic heterocycles. The molecular weight excluding hydrogens is 136 g/mol. The zero-order valence-electron chi connectivity index (χ0n) is 7.93. The van der Waals surface area contributed by atoms with Crippen LogP contribution in [0.1, 0.15) is 27.2 Å². The van der Waals surface area contributed by atoms with Crippen molar-refractivity contribution in [2.75, 3.05) is 19.6 Å². The molecule has 2 nitrogen and oxygen atoms in total. The fourth-order valence-corrected chi connectivity index (χ4v) is 1.70. The third-order valence-electron chi connectivity index (χ3n) is 2.40. The Morgan fingerprint density at radius 1 is 1.45 bits per heavy atom. The van der Waals surface area contributed by atoms with Gasteiger partial charge in [-0.2, -0.15) is 0 Å². The fraction of sp³-hybridized carbons (Fsp3) is 1.00. The summed E-state index contributed by atoms with van der Waals surface area (Å²) in [4.78, 5) is 2.57. The summed E-state index contributed by atoms with van der Waals surface area (Å²) in [5.74, 6) is 0. The van der Waals surface area contributed by atoms with E-state index in [1.165, 1.54) is 19.5 Å². The smallest absolute Gasteiger partial charge is 0.0193 e. The minimum atomic E-state index is 0.678. The molecule has 0 bridgehead atoms. The summed E-state index contributed by atoms with van der Waals surface area (Å²) in [6.07, 6.45) is 1.27. The largest absolute Gasteiger partial charge is 0.311 e. The maximum absolute atomic E-state index is 3.48. The Morgan fingerprint density at radius 3 is 2.82 bits per heavy atom. The SMILES string of the molecule is CCCN1CC(C)NCC1C. The van der Waals surface area contributed by atoms with E-state index in [9.17, 15) is 0 Å². The first-order valence-corrected chi connectivity index (χ1v) is 4.71. The van der Waals surface area contributed by atoms with E-state index in [1.807, 2.05) is 0 Å². The zero-order valence-corrected chi connectivity index (χ0v) is 7.93. The quantitative estimate of drug-likeness (QED) is 0.643. The molecule has 2 heteroatoms. The maximum atomic E-state index is 3.48. The molecule has 0 aromatic rings. The van der Waals surface area contributed by atoms with Crippen molar-refractivity contribution in [3.8, 4) is 0 Å². The van der Waals surface area contributed by atoms with E-state index in [4.69, 9.17) is 0 Å². The molecule has 1 heterocycles. The van der Waals surface area contributed by atoms with Gasteiger partial charge in [-0.1, -0.05) is 6.92 Å². The van der Waals surface area contributed by atoms with Crippen LogP contribution in [-0.4, -0.2) is 36.6 Å². The molecule has 0 aliphatic carbocycles. The number of hydrogen-bond donors (Lipinski definition) is 1. The Morgan fingerprint density at radius 2 is 2.18 bits per heavy atom. The van der Waals surface area contributed by atoms with Crippen molar-refractivity contribution in [1.29, 1.82) is 0 Å². The van der Waals surface area contributed by atoms with Crippen molar-refractivity contribution in [3.05, 3.63) is 0 Å². The number of hydrogen-bond acceptors (Lipinski definition) is 2. The van der Waals surface area contributed by atoms with E-state index >= 15 is 0 Å². The van der Waals surface area contributed by atoms with Crippen LogP contribution >= 0.6 is 0 Å². The van der Waals surface area contributed by atoms with Gasteiger partial charge in [0.2, 0.25) is 0 Å². The summed E-state index contributed by atoms with van der Waals surface area (Å²) in [7, 11) is 0. The summed E-state index contributed by atoms with van der Waals surface area (Å²) in [5.41, 5.74) is 0. The average molecular weight is 156 g/mol. The van der Waals surface area contributed by atoms with Crippen molar-refractivity contribution in [3.63, 3.8) is 0 Å². The number of nitrogens with zero attached hydrogens (tertiary/aromatic N) is 1. The molecule has 1 aliphatic heterocycles. The van der Waals surface area contributed by atoms with Crippen LogP contribution in [0.25, 0.3) is 0 Å². The molecule has 0 aromatic carbocycles. The second kappa shape index (κ2) is 4.07. The van der Waals surface area contributed by atoms with Crippen LogP contribution in [0.3, 0.4) is 0 Å². The van der Waals surface area contributed by atoms with Gasteiger partial charge in [0.25, 0.3) is 0 Å². The molecule has 1 N–H and O–H groups in total. The monoisotopic (exact) mass is 156 g/mol. The van der Waals surface area contributed by atoms with Crippen LogP contribution in [0, 0.1) is 0 Å². The molecule has 1 rings (SSSR count). The Labute approximate surface area is 70.0 Å². The van der Waals surface area contributed by atoms with Gasteiger partial charge in [-0.25, -0.2) is 0 Å². The minimum absolute atomic E-state index is 0.678. The van der Waals surface area contributed by atoms with Crippen LogP contribution < -0.4 is 5.32 Å². The highest BCUT2D eigenvalue weighted by Gasteiger charge is 2.20. The summed E-state index contributed by atoms with van der Waals surface area (Å²) in [6.45, 7) is 10.4. The van der Waals surface area contributed by atoms with Gasteiger partial charge in [0.15, 0.2) is 0 Å². The van der Waals surface area contributed by atoms with Gasteiger partial charge in [0, 0.05) is 25.2 Å². The summed E-state index contributed by atoms with van der Waals surface area (Å²) >= 11 is 0. The highest BCUT2D eigenvalue weighted by atomic mass is 15.2. The maximum Gasteiger partial charge on any atom is 0.0193 e. The van der Waals surface area contributed by atoms with Crippen molar-refractivity contribution in [2.24, 2.45) is 0 Å². The first-order valence-electron chi connectivity index (χ1n) is 4.71. The number of rotatable bonds is 2. The number of piperazine rings is 1. The molecule has 0 radical (unpaired) electrons. The summed E-state index contributed by atoms with van der Waals surface area (Å²) in [6, 6.07) is 1.41. The summed E-state index contributed by atoms with van der Waals surface area (Å²) in [5, 5.41) is 3.48. The molecular formula is C9H20N2. The average Bonchev–Trinajstić information content (AvgIpc) is 1.98. The van der Waals surface area contributed by atoms with E-state index in [2.05, 4.69) is 31.0 Å². The second-order valence-corrected chi connectivity index (χ2v) is 3.65. The highest BCUT2D eigenvalue weighted by molar-refractivity contribution is 4.80. The second-order valence-electron chi connectivity index (χ2n) is 3.65. The van der Waals surface area contributed by atoms with Crippen LogP contribution in [0.4, 0.5) is 0 Å². The van der Waals surface area contributed by atoms with Gasteiger partial charge in [-0.05, 0) is 26.8 Å². The Kier molecular flexibility index (Phi) is 3.34. The molecule has 0 saturated carbocycles. The van der Waals surface area contributed by atoms with Crippen molar-refractivity contribution in [1.82, 2.24) is 10.2 Å². The van der Waals surface area contributed by atoms with Crippen LogP contribution in [0.15, 0.2) is 0 Å². The molecule has 1 aliphatic rings. The van der Waals surface area contributed by atoms with E-state index in [0.717, 1.165) is 12.6 Å². The van der Waals surface area contributed by atoms with Gasteiger partial charge >= 0.3 is 0 Å². The predicted octanol–water partition coefficient (Wildman–Crippen LogP) is 1.08. The van der Waals surface area contributed by atoms with Gasteiger partial charge < -0.3 is 5.32 Å². The van der Waals surface area contributed by atoms with Crippen LogP contribution in [0.2, 0.25) is 0 Å². The lowest BCUT2D eigenvalue weighted by molar-refractivity contribution is 0.147. The highest BCUT2D eigenvalue weighted by Crippen LogP contribution is 2.06. The van der Waals surface area contributed by atoms with Gasteiger partial charge in [0.1, 0.15) is 0 Å². The van der Waals surface area contributed by atoms with Gasteiger partial charge in [0.05, 0.1) is 0 Å². The molecule has 2 atom stereocenters. The van der Waals surface area contributed by atoms with E-state index in [-0.39, 0.29) is 0 Å². The first-order chi connectivity index (χ1) is 5.24.